The van der Waals surface area contributed by atoms with Gasteiger partial charge in [-0.1, -0.05) is 48.6 Å². The molecule has 1 aromatic heterocycles. The van der Waals surface area contributed by atoms with Gasteiger partial charge in [-0.2, -0.15) is 0 Å². The number of fused-ring (bicyclic) bond motifs is 1. The Morgan fingerprint density at radius 3 is 2.62 bits per heavy atom. The van der Waals surface area contributed by atoms with Crippen LogP contribution in [-0.2, 0) is 0 Å². The van der Waals surface area contributed by atoms with E-state index in [0.29, 0.717) is 0 Å². The molecule has 1 atom stereocenters. The lowest BCUT2D eigenvalue weighted by Crippen LogP contribution is -1.93. The van der Waals surface area contributed by atoms with E-state index in [-0.39, 0.29) is 0 Å². The first kappa shape index (κ1) is 15.2. The molecule has 108 valence electrons. The summed E-state index contributed by atoms with van der Waals surface area (Å²) in [5, 5.41) is 10.8. The average Bonchev–Trinajstić information content (AvgIpc) is 2.50. The molecule has 2 rings (SSSR count). The molecule has 2 heteroatoms. The minimum absolute atomic E-state index is 0.472. The van der Waals surface area contributed by atoms with Crippen LogP contribution in [0.25, 0.3) is 16.5 Å². The molecule has 2 nitrogen and oxygen atoms in total. The molecule has 0 spiro atoms. The number of rotatable bonds is 4. The maximum absolute atomic E-state index is 9.67. The van der Waals surface area contributed by atoms with Gasteiger partial charge in [0.2, 0.25) is 0 Å². The van der Waals surface area contributed by atoms with E-state index in [1.54, 1.807) is 6.92 Å². The highest BCUT2D eigenvalue weighted by molar-refractivity contribution is 5.81. The number of aliphatic hydroxyl groups is 1. The van der Waals surface area contributed by atoms with Gasteiger partial charge in [-0.3, -0.25) is 0 Å². The molecule has 0 aliphatic rings. The van der Waals surface area contributed by atoms with Crippen LogP contribution in [-0.4, -0.2) is 10.1 Å². The van der Waals surface area contributed by atoms with Gasteiger partial charge in [0.1, 0.15) is 0 Å². The zero-order valence-electron chi connectivity index (χ0n) is 12.7. The number of nitrogens with zero attached hydrogens (tertiary/aromatic N) is 1. The van der Waals surface area contributed by atoms with Gasteiger partial charge in [0.25, 0.3) is 0 Å². The summed E-state index contributed by atoms with van der Waals surface area (Å²) in [6.45, 7) is 5.81. The van der Waals surface area contributed by atoms with E-state index >= 15 is 0 Å². The van der Waals surface area contributed by atoms with Crippen molar-refractivity contribution in [2.75, 3.05) is 0 Å². The summed E-state index contributed by atoms with van der Waals surface area (Å²) >= 11 is 0. The molecule has 0 amide bonds. The quantitative estimate of drug-likeness (QED) is 0.814. The lowest BCUT2D eigenvalue weighted by Gasteiger charge is -2.07. The summed E-state index contributed by atoms with van der Waals surface area (Å²) in [7, 11) is 0. The second kappa shape index (κ2) is 7.00. The number of pyridine rings is 1. The SMILES string of the molecule is C\C=C/C=C\C=C(/C)c1ccc2ccc(C(C)O)cc2n1. The Kier molecular flexibility index (Phi) is 5.07. The van der Waals surface area contributed by atoms with Crippen molar-refractivity contribution >= 4 is 16.5 Å². The minimum Gasteiger partial charge on any atom is -0.389 e. The van der Waals surface area contributed by atoms with E-state index in [1.807, 2.05) is 68.5 Å². The second-order valence-corrected chi connectivity index (χ2v) is 5.08. The smallest absolute Gasteiger partial charge is 0.0762 e. The number of aromatic nitrogens is 1. The van der Waals surface area contributed by atoms with Crippen molar-refractivity contribution in [1.29, 1.82) is 0 Å². The Labute approximate surface area is 126 Å². The second-order valence-electron chi connectivity index (χ2n) is 5.08. The summed E-state index contributed by atoms with van der Waals surface area (Å²) in [5.41, 5.74) is 3.87. The van der Waals surface area contributed by atoms with Crippen LogP contribution in [0.2, 0.25) is 0 Å². The van der Waals surface area contributed by atoms with Crippen molar-refractivity contribution in [3.8, 4) is 0 Å². The molecule has 21 heavy (non-hydrogen) atoms. The van der Waals surface area contributed by atoms with Gasteiger partial charge in [-0.25, -0.2) is 4.98 Å². The molecule has 0 fully saturated rings. The molecule has 0 saturated carbocycles. The first-order valence-corrected chi connectivity index (χ1v) is 7.17. The van der Waals surface area contributed by atoms with Crippen LogP contribution in [0.15, 0.2) is 60.7 Å². The summed E-state index contributed by atoms with van der Waals surface area (Å²) < 4.78 is 0. The highest BCUT2D eigenvalue weighted by Gasteiger charge is 2.04. The Morgan fingerprint density at radius 1 is 1.14 bits per heavy atom. The summed E-state index contributed by atoms with van der Waals surface area (Å²) in [4.78, 5) is 4.69. The van der Waals surface area contributed by atoms with E-state index in [0.717, 1.165) is 27.7 Å². The maximum atomic E-state index is 9.67. The van der Waals surface area contributed by atoms with Crippen LogP contribution in [0.4, 0.5) is 0 Å². The highest BCUT2D eigenvalue weighted by Crippen LogP contribution is 2.21. The molecule has 0 aliphatic carbocycles. The van der Waals surface area contributed by atoms with E-state index in [2.05, 4.69) is 11.1 Å². The topological polar surface area (TPSA) is 33.1 Å². The number of hydrogen-bond donors (Lipinski definition) is 1. The van der Waals surface area contributed by atoms with Crippen LogP contribution < -0.4 is 0 Å². The Balaban J connectivity index is 2.37. The van der Waals surface area contributed by atoms with Gasteiger partial charge in [0, 0.05) is 5.39 Å². The van der Waals surface area contributed by atoms with Gasteiger partial charge in [-0.05, 0) is 44.0 Å². The van der Waals surface area contributed by atoms with Crippen LogP contribution in [0.1, 0.15) is 38.1 Å². The molecule has 0 radical (unpaired) electrons. The molecular formula is C19H21NO. The third-order valence-electron chi connectivity index (χ3n) is 3.36. The van der Waals surface area contributed by atoms with Crippen LogP contribution in [0, 0.1) is 0 Å². The Hall–Kier alpha value is -2.19. The van der Waals surface area contributed by atoms with E-state index < -0.39 is 6.10 Å². The highest BCUT2D eigenvalue weighted by atomic mass is 16.3. The molecule has 1 N–H and O–H groups in total. The summed E-state index contributed by atoms with van der Waals surface area (Å²) in [6, 6.07) is 9.98. The van der Waals surface area contributed by atoms with Gasteiger partial charge in [0.05, 0.1) is 17.3 Å². The lowest BCUT2D eigenvalue weighted by atomic mass is 10.1. The van der Waals surface area contributed by atoms with Gasteiger partial charge >= 0.3 is 0 Å². The molecule has 1 heterocycles. The van der Waals surface area contributed by atoms with Gasteiger partial charge in [-0.15, -0.1) is 0 Å². The van der Waals surface area contributed by atoms with Crippen LogP contribution in [0.3, 0.4) is 0 Å². The van der Waals surface area contributed by atoms with E-state index in [1.165, 1.54) is 0 Å². The molecule has 1 unspecified atom stereocenters. The number of aliphatic hydroxyl groups excluding tert-OH is 1. The minimum atomic E-state index is -0.472. The zero-order chi connectivity index (χ0) is 15.2. The van der Waals surface area contributed by atoms with Gasteiger partial charge < -0.3 is 5.11 Å². The van der Waals surface area contributed by atoms with Crippen LogP contribution >= 0.6 is 0 Å². The van der Waals surface area contributed by atoms with Crippen LogP contribution in [0.5, 0.6) is 0 Å². The predicted molar refractivity (Wildman–Crippen MR) is 90.0 cm³/mol. The first-order chi connectivity index (χ1) is 10.1. The molecular weight excluding hydrogens is 258 g/mol. The average molecular weight is 279 g/mol. The molecule has 2 aromatic rings. The van der Waals surface area contributed by atoms with Crippen molar-refractivity contribution in [2.45, 2.75) is 26.9 Å². The standard InChI is InChI=1S/C19H21NO/c1-4-5-6-7-8-14(2)18-12-11-16-9-10-17(15(3)21)13-19(16)20-18/h4-13,15,21H,1-3H3/b5-4-,7-6-,14-8+. The van der Waals surface area contributed by atoms with Crippen molar-refractivity contribution in [3.63, 3.8) is 0 Å². The predicted octanol–water partition coefficient (Wildman–Crippen LogP) is 4.82. The fourth-order valence-corrected chi connectivity index (χ4v) is 2.07. The van der Waals surface area contributed by atoms with E-state index in [4.69, 9.17) is 0 Å². The Bertz CT molecular complexity index is 709. The van der Waals surface area contributed by atoms with Crippen molar-refractivity contribution in [2.24, 2.45) is 0 Å². The summed E-state index contributed by atoms with van der Waals surface area (Å²) in [6.07, 6.45) is 9.56. The monoisotopic (exact) mass is 279 g/mol. The molecule has 1 aromatic carbocycles. The number of benzene rings is 1. The van der Waals surface area contributed by atoms with Gasteiger partial charge in [0.15, 0.2) is 0 Å². The molecule has 0 saturated heterocycles. The largest absolute Gasteiger partial charge is 0.389 e. The van der Waals surface area contributed by atoms with Crippen molar-refractivity contribution < 1.29 is 5.11 Å². The normalized spacial score (nSPS) is 14.4. The number of allylic oxidation sites excluding steroid dienone is 6. The maximum Gasteiger partial charge on any atom is 0.0762 e. The molecule has 0 bridgehead atoms. The Morgan fingerprint density at radius 2 is 1.90 bits per heavy atom. The van der Waals surface area contributed by atoms with Crippen molar-refractivity contribution in [3.05, 3.63) is 72.0 Å². The summed E-state index contributed by atoms with van der Waals surface area (Å²) in [5.74, 6) is 0. The zero-order valence-corrected chi connectivity index (χ0v) is 12.7. The first-order valence-electron chi connectivity index (χ1n) is 7.17. The lowest BCUT2D eigenvalue weighted by molar-refractivity contribution is 0.199. The number of hydrogen-bond acceptors (Lipinski definition) is 2. The third-order valence-corrected chi connectivity index (χ3v) is 3.36. The third kappa shape index (κ3) is 3.89. The molecule has 0 aliphatic heterocycles. The van der Waals surface area contributed by atoms with E-state index in [9.17, 15) is 5.11 Å². The fourth-order valence-electron chi connectivity index (χ4n) is 2.07. The van der Waals surface area contributed by atoms with Crippen molar-refractivity contribution in [1.82, 2.24) is 4.98 Å². The fraction of sp³-hybridized carbons (Fsp3) is 0.211.